The van der Waals surface area contributed by atoms with E-state index in [0.29, 0.717) is 0 Å². The molecule has 120 valence electrons. The summed E-state index contributed by atoms with van der Waals surface area (Å²) >= 11 is 0. The molecule has 0 bridgehead atoms. The minimum absolute atomic E-state index is 0.605. The number of rotatable bonds is 10. The molecule has 0 aliphatic carbocycles. The highest BCUT2D eigenvalue weighted by molar-refractivity contribution is 5.66. The number of carboxylic acid groups (broad SMARTS) is 1. The average molecular weight is 294 g/mol. The lowest BCUT2D eigenvalue weighted by atomic mass is 10.1. The molecule has 0 spiro atoms. The number of aromatic nitrogens is 2. The van der Waals surface area contributed by atoms with Gasteiger partial charge in [0.25, 0.3) is 5.82 Å². The van der Waals surface area contributed by atoms with Crippen LogP contribution in [0.25, 0.3) is 0 Å². The fourth-order valence-corrected chi connectivity index (χ4v) is 2.90. The van der Waals surface area contributed by atoms with Crippen LogP contribution in [0.2, 0.25) is 0 Å². The fraction of sp³-hybridized carbons (Fsp3) is 0.765. The Hall–Kier alpha value is -1.32. The number of hydrogen-bond donors (Lipinski definition) is 0. The van der Waals surface area contributed by atoms with E-state index in [1.165, 1.54) is 32.1 Å². The normalized spacial score (nSPS) is 12.6. The quantitative estimate of drug-likeness (QED) is 0.491. The molecule has 21 heavy (non-hydrogen) atoms. The molecule has 0 aliphatic rings. The number of unbranched alkanes of at least 4 members (excludes halogenated alkanes) is 5. The molecule has 0 saturated heterocycles. The maximum absolute atomic E-state index is 11.2. The summed E-state index contributed by atoms with van der Waals surface area (Å²) in [5.74, 6) is 0.0969. The maximum atomic E-state index is 11.2. The second-order valence-electron chi connectivity index (χ2n) is 5.85. The first-order chi connectivity index (χ1) is 10.0. The Morgan fingerprint density at radius 3 is 2.43 bits per heavy atom. The third-order valence-electron chi connectivity index (χ3n) is 4.19. The first-order valence-electron chi connectivity index (χ1n) is 8.33. The van der Waals surface area contributed by atoms with Crippen molar-refractivity contribution in [1.82, 2.24) is 4.57 Å². The molecule has 1 unspecified atom stereocenters. The molecule has 1 aromatic heterocycles. The van der Waals surface area contributed by atoms with E-state index in [9.17, 15) is 9.90 Å². The predicted molar refractivity (Wildman–Crippen MR) is 81.8 cm³/mol. The van der Waals surface area contributed by atoms with E-state index in [1.807, 2.05) is 17.7 Å². The van der Waals surface area contributed by atoms with Crippen molar-refractivity contribution in [2.45, 2.75) is 85.2 Å². The van der Waals surface area contributed by atoms with Crippen LogP contribution in [0.3, 0.4) is 0 Å². The van der Waals surface area contributed by atoms with Crippen molar-refractivity contribution in [3.05, 3.63) is 17.7 Å². The van der Waals surface area contributed by atoms with Crippen molar-refractivity contribution in [2.24, 2.45) is 0 Å². The van der Waals surface area contributed by atoms with E-state index < -0.39 is 12.0 Å². The molecule has 0 aliphatic heterocycles. The third-order valence-corrected chi connectivity index (χ3v) is 4.19. The smallest absolute Gasteiger partial charge is 0.257 e. The summed E-state index contributed by atoms with van der Waals surface area (Å²) in [5, 5.41) is 11.2. The predicted octanol–water partition coefficient (Wildman–Crippen LogP) is 2.32. The van der Waals surface area contributed by atoms with Crippen molar-refractivity contribution in [3.8, 4) is 0 Å². The lowest BCUT2D eigenvalue weighted by Crippen LogP contribution is -2.49. The lowest BCUT2D eigenvalue weighted by molar-refractivity contribution is -0.719. The molecular formula is C17H30N2O2. The molecule has 0 radical (unpaired) electrons. The minimum atomic E-state index is -1.02. The largest absolute Gasteiger partial charge is 0.546 e. The summed E-state index contributed by atoms with van der Waals surface area (Å²) in [4.78, 5) is 11.2. The number of aryl methyl sites for hydroxylation is 1. The number of carbonyl (C=O) groups excluding carboxylic acids is 1. The van der Waals surface area contributed by atoms with Gasteiger partial charge in [-0.15, -0.1) is 0 Å². The molecule has 4 heteroatoms. The molecule has 1 heterocycles. The van der Waals surface area contributed by atoms with Gasteiger partial charge < -0.3 is 9.90 Å². The summed E-state index contributed by atoms with van der Waals surface area (Å²) in [5.41, 5.74) is 1.12. The highest BCUT2D eigenvalue weighted by Crippen LogP contribution is 2.12. The number of carboxylic acids is 1. The van der Waals surface area contributed by atoms with Crippen LogP contribution < -0.4 is 9.67 Å². The molecule has 4 nitrogen and oxygen atoms in total. The molecule has 0 amide bonds. The van der Waals surface area contributed by atoms with Crippen molar-refractivity contribution < 1.29 is 14.5 Å². The van der Waals surface area contributed by atoms with Gasteiger partial charge in [0.1, 0.15) is 17.9 Å². The molecular weight excluding hydrogens is 264 g/mol. The minimum Gasteiger partial charge on any atom is -0.546 e. The van der Waals surface area contributed by atoms with E-state index in [2.05, 4.69) is 18.4 Å². The molecule has 0 fully saturated rings. The van der Waals surface area contributed by atoms with Gasteiger partial charge >= 0.3 is 0 Å². The first kappa shape index (κ1) is 17.7. The summed E-state index contributed by atoms with van der Waals surface area (Å²) in [6.45, 7) is 8.93. The van der Waals surface area contributed by atoms with E-state index in [0.717, 1.165) is 30.9 Å². The Morgan fingerprint density at radius 2 is 1.86 bits per heavy atom. The summed E-state index contributed by atoms with van der Waals surface area (Å²) in [7, 11) is 0. The highest BCUT2D eigenvalue weighted by Gasteiger charge is 2.23. The average Bonchev–Trinajstić information content (AvgIpc) is 2.77. The fourth-order valence-electron chi connectivity index (χ4n) is 2.90. The van der Waals surface area contributed by atoms with Crippen LogP contribution in [0, 0.1) is 6.92 Å². The summed E-state index contributed by atoms with van der Waals surface area (Å²) in [6.07, 6.45) is 10.4. The monoisotopic (exact) mass is 294 g/mol. The Morgan fingerprint density at radius 1 is 1.24 bits per heavy atom. The van der Waals surface area contributed by atoms with Crippen LogP contribution in [0.15, 0.2) is 6.20 Å². The second-order valence-corrected chi connectivity index (χ2v) is 5.85. The molecule has 0 saturated carbocycles. The van der Waals surface area contributed by atoms with Gasteiger partial charge in [0, 0.05) is 13.3 Å². The van der Waals surface area contributed by atoms with Gasteiger partial charge in [-0.05, 0) is 20.3 Å². The van der Waals surface area contributed by atoms with E-state index >= 15 is 0 Å². The van der Waals surface area contributed by atoms with E-state index in [4.69, 9.17) is 0 Å². The van der Waals surface area contributed by atoms with Crippen molar-refractivity contribution in [3.63, 3.8) is 0 Å². The molecule has 0 aromatic carbocycles. The third kappa shape index (κ3) is 4.87. The van der Waals surface area contributed by atoms with Gasteiger partial charge in [-0.25, -0.2) is 9.13 Å². The number of carbonyl (C=O) groups is 1. The zero-order valence-corrected chi connectivity index (χ0v) is 14.0. The second kappa shape index (κ2) is 8.85. The molecule has 1 rings (SSSR count). The van der Waals surface area contributed by atoms with Crippen molar-refractivity contribution in [2.75, 3.05) is 0 Å². The zero-order valence-electron chi connectivity index (χ0n) is 14.0. The van der Waals surface area contributed by atoms with Crippen LogP contribution in [0.5, 0.6) is 0 Å². The molecule has 0 N–H and O–H groups in total. The Kier molecular flexibility index (Phi) is 7.48. The van der Waals surface area contributed by atoms with Gasteiger partial charge in [-0.2, -0.15) is 0 Å². The van der Waals surface area contributed by atoms with Crippen LogP contribution in [-0.4, -0.2) is 10.5 Å². The van der Waals surface area contributed by atoms with Crippen LogP contribution in [0.1, 0.15) is 76.9 Å². The van der Waals surface area contributed by atoms with Crippen molar-refractivity contribution in [1.29, 1.82) is 0 Å². The highest BCUT2D eigenvalue weighted by atomic mass is 16.4. The number of hydrogen-bond acceptors (Lipinski definition) is 2. The first-order valence-corrected chi connectivity index (χ1v) is 8.33. The Labute approximate surface area is 128 Å². The lowest BCUT2D eigenvalue weighted by Gasteiger charge is -2.12. The van der Waals surface area contributed by atoms with Gasteiger partial charge in [0.05, 0.1) is 12.5 Å². The number of aliphatic carboxylic acids is 1. The maximum Gasteiger partial charge on any atom is 0.257 e. The molecule has 1 aromatic rings. The van der Waals surface area contributed by atoms with Gasteiger partial charge in [0.15, 0.2) is 0 Å². The van der Waals surface area contributed by atoms with Crippen molar-refractivity contribution >= 4 is 5.97 Å². The zero-order chi connectivity index (χ0) is 15.8. The van der Waals surface area contributed by atoms with E-state index in [-0.39, 0.29) is 0 Å². The van der Waals surface area contributed by atoms with E-state index in [1.54, 1.807) is 6.92 Å². The van der Waals surface area contributed by atoms with Crippen LogP contribution in [-0.2, 0) is 17.8 Å². The Balaban J connectivity index is 2.72. The Bertz CT molecular complexity index is 452. The SMILES string of the molecule is CCCCCCCCc1n(CC)c(C)c[n+]1C(C)C(=O)[O-]. The van der Waals surface area contributed by atoms with Gasteiger partial charge in [-0.3, -0.25) is 0 Å². The number of imidazole rings is 1. The van der Waals surface area contributed by atoms with Gasteiger partial charge in [0.2, 0.25) is 0 Å². The van der Waals surface area contributed by atoms with Crippen LogP contribution >= 0.6 is 0 Å². The number of nitrogens with zero attached hydrogens (tertiary/aromatic N) is 2. The van der Waals surface area contributed by atoms with Gasteiger partial charge in [-0.1, -0.05) is 39.0 Å². The molecule has 1 atom stereocenters. The van der Waals surface area contributed by atoms with Crippen LogP contribution in [0.4, 0.5) is 0 Å². The topological polar surface area (TPSA) is 48.9 Å². The summed E-state index contributed by atoms with van der Waals surface area (Å²) < 4.78 is 4.09. The standard InChI is InChI=1S/C17H30N2O2/c1-5-7-8-9-10-11-12-16-18(6-2)14(3)13-19(16)15(4)17(20)21/h13,15H,5-12H2,1-4H3. The summed E-state index contributed by atoms with van der Waals surface area (Å²) in [6, 6.07) is -0.605.